The van der Waals surface area contributed by atoms with Gasteiger partial charge in [-0.05, 0) is 24.7 Å². The smallest absolute Gasteiger partial charge is 0.134 e. The summed E-state index contributed by atoms with van der Waals surface area (Å²) in [6.07, 6.45) is 8.95. The van der Waals surface area contributed by atoms with Crippen LogP contribution in [0.3, 0.4) is 0 Å². The van der Waals surface area contributed by atoms with E-state index in [4.69, 9.17) is 0 Å². The SMILES string of the molecule is CCCc1c(NC)ncnc1NC1CCCCC1(C)C. The lowest BCUT2D eigenvalue weighted by Gasteiger charge is -2.39. The van der Waals surface area contributed by atoms with E-state index >= 15 is 0 Å². The zero-order valence-electron chi connectivity index (χ0n) is 13.3. The number of hydrogen-bond acceptors (Lipinski definition) is 4. The van der Waals surface area contributed by atoms with Gasteiger partial charge in [0.05, 0.1) is 0 Å². The zero-order valence-corrected chi connectivity index (χ0v) is 13.3. The van der Waals surface area contributed by atoms with Gasteiger partial charge in [0.25, 0.3) is 0 Å². The number of anilines is 2. The van der Waals surface area contributed by atoms with Crippen LogP contribution in [0.1, 0.15) is 58.4 Å². The molecule has 2 N–H and O–H groups in total. The molecule has 4 heteroatoms. The van der Waals surface area contributed by atoms with Crippen molar-refractivity contribution in [2.24, 2.45) is 5.41 Å². The summed E-state index contributed by atoms with van der Waals surface area (Å²) in [5, 5.41) is 6.90. The normalized spacial score (nSPS) is 21.5. The monoisotopic (exact) mass is 276 g/mol. The van der Waals surface area contributed by atoms with Gasteiger partial charge in [-0.1, -0.05) is 40.0 Å². The van der Waals surface area contributed by atoms with Crippen LogP contribution in [0, 0.1) is 5.41 Å². The minimum absolute atomic E-state index is 0.340. The summed E-state index contributed by atoms with van der Waals surface area (Å²) in [4.78, 5) is 8.85. The van der Waals surface area contributed by atoms with E-state index in [-0.39, 0.29) is 0 Å². The van der Waals surface area contributed by atoms with Gasteiger partial charge in [0.1, 0.15) is 18.0 Å². The number of nitrogens with one attached hydrogen (secondary N) is 2. The number of hydrogen-bond donors (Lipinski definition) is 2. The van der Waals surface area contributed by atoms with Crippen molar-refractivity contribution in [2.75, 3.05) is 17.7 Å². The second-order valence-corrected chi connectivity index (χ2v) is 6.48. The largest absolute Gasteiger partial charge is 0.373 e. The van der Waals surface area contributed by atoms with Crippen LogP contribution in [-0.4, -0.2) is 23.1 Å². The predicted molar refractivity (Wildman–Crippen MR) is 85.2 cm³/mol. The van der Waals surface area contributed by atoms with Gasteiger partial charge in [-0.15, -0.1) is 0 Å². The third-order valence-corrected chi connectivity index (χ3v) is 4.50. The van der Waals surface area contributed by atoms with Crippen LogP contribution in [-0.2, 0) is 6.42 Å². The van der Waals surface area contributed by atoms with Crippen molar-refractivity contribution >= 4 is 11.6 Å². The highest BCUT2D eigenvalue weighted by Crippen LogP contribution is 2.37. The van der Waals surface area contributed by atoms with Crippen LogP contribution in [0.5, 0.6) is 0 Å². The Balaban J connectivity index is 2.23. The summed E-state index contributed by atoms with van der Waals surface area (Å²) in [6, 6.07) is 0.506. The fourth-order valence-electron chi connectivity index (χ4n) is 3.17. The number of rotatable bonds is 5. The molecular weight excluding hydrogens is 248 g/mol. The first kappa shape index (κ1) is 15.1. The number of aromatic nitrogens is 2. The molecule has 1 aliphatic rings. The topological polar surface area (TPSA) is 49.8 Å². The molecule has 2 rings (SSSR count). The van der Waals surface area contributed by atoms with Gasteiger partial charge in [0, 0.05) is 18.7 Å². The van der Waals surface area contributed by atoms with Gasteiger partial charge in [0.2, 0.25) is 0 Å². The fraction of sp³-hybridized carbons (Fsp3) is 0.750. The molecule has 20 heavy (non-hydrogen) atoms. The maximum Gasteiger partial charge on any atom is 0.134 e. The highest BCUT2D eigenvalue weighted by molar-refractivity contribution is 5.57. The first-order valence-corrected chi connectivity index (χ1v) is 7.86. The third kappa shape index (κ3) is 3.22. The van der Waals surface area contributed by atoms with E-state index in [1.165, 1.54) is 31.2 Å². The summed E-state index contributed by atoms with van der Waals surface area (Å²) in [7, 11) is 1.93. The van der Waals surface area contributed by atoms with Crippen molar-refractivity contribution in [3.63, 3.8) is 0 Å². The standard InChI is InChI=1S/C16H28N4/c1-5-8-12-14(17-4)18-11-19-15(12)20-13-9-6-7-10-16(13,2)3/h11,13H,5-10H2,1-4H3,(H2,17,18,19,20). The average Bonchev–Trinajstić information content (AvgIpc) is 2.43. The maximum atomic E-state index is 4.50. The molecule has 0 radical (unpaired) electrons. The second-order valence-electron chi connectivity index (χ2n) is 6.48. The van der Waals surface area contributed by atoms with E-state index in [1.807, 2.05) is 7.05 Å². The molecule has 0 saturated heterocycles. The van der Waals surface area contributed by atoms with Gasteiger partial charge >= 0.3 is 0 Å². The minimum atomic E-state index is 0.340. The second kappa shape index (κ2) is 6.42. The van der Waals surface area contributed by atoms with Gasteiger partial charge in [-0.3, -0.25) is 0 Å². The highest BCUT2D eigenvalue weighted by Gasteiger charge is 2.32. The molecule has 1 aromatic heterocycles. The Morgan fingerprint density at radius 2 is 2.00 bits per heavy atom. The summed E-state index contributed by atoms with van der Waals surface area (Å²) in [5.41, 5.74) is 1.56. The lowest BCUT2D eigenvalue weighted by molar-refractivity contribution is 0.216. The Bertz CT molecular complexity index is 442. The summed E-state index contributed by atoms with van der Waals surface area (Å²) < 4.78 is 0. The zero-order chi connectivity index (χ0) is 14.6. The molecule has 0 aliphatic heterocycles. The molecule has 0 bridgehead atoms. The Kier molecular flexibility index (Phi) is 4.84. The van der Waals surface area contributed by atoms with E-state index < -0.39 is 0 Å². The Labute approximate surface area is 122 Å². The maximum absolute atomic E-state index is 4.50. The Hall–Kier alpha value is -1.32. The van der Waals surface area contributed by atoms with Crippen molar-refractivity contribution in [2.45, 2.75) is 65.3 Å². The third-order valence-electron chi connectivity index (χ3n) is 4.50. The molecule has 1 fully saturated rings. The van der Waals surface area contributed by atoms with Crippen LogP contribution in [0.15, 0.2) is 6.33 Å². The summed E-state index contributed by atoms with van der Waals surface area (Å²) in [5.74, 6) is 1.98. The lowest BCUT2D eigenvalue weighted by Crippen LogP contribution is -2.39. The van der Waals surface area contributed by atoms with Crippen molar-refractivity contribution in [1.29, 1.82) is 0 Å². The van der Waals surface area contributed by atoms with E-state index in [0.717, 1.165) is 24.5 Å². The summed E-state index contributed by atoms with van der Waals surface area (Å²) in [6.45, 7) is 6.92. The molecule has 0 aromatic carbocycles. The van der Waals surface area contributed by atoms with Gasteiger partial charge in [0.15, 0.2) is 0 Å². The minimum Gasteiger partial charge on any atom is -0.373 e. The van der Waals surface area contributed by atoms with Crippen LogP contribution in [0.2, 0.25) is 0 Å². The molecule has 0 amide bonds. The van der Waals surface area contributed by atoms with Crippen molar-refractivity contribution in [3.05, 3.63) is 11.9 Å². The number of nitrogens with zero attached hydrogens (tertiary/aromatic N) is 2. The molecule has 4 nitrogen and oxygen atoms in total. The first-order chi connectivity index (χ1) is 9.58. The molecule has 1 heterocycles. The molecule has 112 valence electrons. The van der Waals surface area contributed by atoms with Gasteiger partial charge < -0.3 is 10.6 Å². The first-order valence-electron chi connectivity index (χ1n) is 7.86. The van der Waals surface area contributed by atoms with E-state index in [9.17, 15) is 0 Å². The van der Waals surface area contributed by atoms with Crippen LogP contribution < -0.4 is 10.6 Å². The van der Waals surface area contributed by atoms with Crippen molar-refractivity contribution in [1.82, 2.24) is 9.97 Å². The molecule has 1 saturated carbocycles. The van der Waals surface area contributed by atoms with Crippen LogP contribution in [0.25, 0.3) is 0 Å². The van der Waals surface area contributed by atoms with Crippen molar-refractivity contribution in [3.8, 4) is 0 Å². The van der Waals surface area contributed by atoms with Crippen LogP contribution in [0.4, 0.5) is 11.6 Å². The Morgan fingerprint density at radius 1 is 1.25 bits per heavy atom. The Morgan fingerprint density at radius 3 is 2.65 bits per heavy atom. The lowest BCUT2D eigenvalue weighted by atomic mass is 9.73. The quantitative estimate of drug-likeness (QED) is 0.857. The van der Waals surface area contributed by atoms with E-state index in [1.54, 1.807) is 6.33 Å². The molecule has 1 aromatic rings. The molecule has 0 spiro atoms. The fourth-order valence-corrected chi connectivity index (χ4v) is 3.17. The van der Waals surface area contributed by atoms with E-state index in [0.29, 0.717) is 11.5 Å². The van der Waals surface area contributed by atoms with Crippen LogP contribution >= 0.6 is 0 Å². The van der Waals surface area contributed by atoms with Gasteiger partial charge in [-0.25, -0.2) is 9.97 Å². The molecular formula is C16H28N4. The van der Waals surface area contributed by atoms with E-state index in [2.05, 4.69) is 41.4 Å². The summed E-state index contributed by atoms with van der Waals surface area (Å²) >= 11 is 0. The average molecular weight is 276 g/mol. The highest BCUT2D eigenvalue weighted by atomic mass is 15.1. The molecule has 1 aliphatic carbocycles. The molecule has 1 unspecified atom stereocenters. The van der Waals surface area contributed by atoms with Crippen molar-refractivity contribution < 1.29 is 0 Å². The molecule has 1 atom stereocenters. The predicted octanol–water partition coefficient (Wildman–Crippen LogP) is 3.85. The van der Waals surface area contributed by atoms with Gasteiger partial charge in [-0.2, -0.15) is 0 Å².